The summed E-state index contributed by atoms with van der Waals surface area (Å²) in [6, 6.07) is 16.0. The van der Waals surface area contributed by atoms with Crippen molar-refractivity contribution in [1.29, 1.82) is 0 Å². The lowest BCUT2D eigenvalue weighted by Crippen LogP contribution is -2.32. The highest BCUT2D eigenvalue weighted by molar-refractivity contribution is 7.93. The summed E-state index contributed by atoms with van der Waals surface area (Å²) in [5.41, 5.74) is -6.64. The van der Waals surface area contributed by atoms with Crippen LogP contribution in [0.5, 0.6) is 0 Å². The molecule has 1 fully saturated rings. The van der Waals surface area contributed by atoms with E-state index in [0.29, 0.717) is 47.6 Å². The number of rotatable bonds is 12. The molecule has 0 radical (unpaired) electrons. The number of amides is 1. The van der Waals surface area contributed by atoms with Crippen LogP contribution in [0.3, 0.4) is 0 Å². The van der Waals surface area contributed by atoms with Gasteiger partial charge in [-0.2, -0.15) is 39.9 Å². The molecule has 0 aliphatic heterocycles. The highest BCUT2D eigenvalue weighted by Crippen LogP contribution is 2.38. The van der Waals surface area contributed by atoms with E-state index in [2.05, 4.69) is 9.82 Å². The third-order valence-corrected chi connectivity index (χ3v) is 10.3. The number of benzene rings is 3. The Balaban J connectivity index is 1.59. The monoisotopic (exact) mass is 728 g/mol. The molecule has 0 bridgehead atoms. The number of nitrogens with one attached hydrogen (secondary N) is 2. The normalized spacial score (nSPS) is 14.1. The van der Waals surface area contributed by atoms with Gasteiger partial charge in [0.2, 0.25) is 5.91 Å². The minimum atomic E-state index is -6.10. The lowest BCUT2D eigenvalue weighted by atomic mass is 9.99. The van der Waals surface area contributed by atoms with Gasteiger partial charge in [0, 0.05) is 23.5 Å². The van der Waals surface area contributed by atoms with Gasteiger partial charge in [-0.1, -0.05) is 67.9 Å². The molecule has 1 aliphatic rings. The standard InChI is InChI=1S/C32H30F6N4O5S2/c1-2-3-10-26-24(29(40-49(46,47)32(36,37)38)42(39-26)27-11-6-5-9-25(27)31(33,34)35)19-20-13-15-21(16-14-20)23-8-4-7-12-28(23)48(44,45)41-30(43)22-17-18-22/h4-9,11-16,22,40H,2-3,10,17-19H2,1H3,(H,41,43). The van der Waals surface area contributed by atoms with Crippen LogP contribution in [0.15, 0.2) is 77.7 Å². The number of carbonyl (C=O) groups excluding carboxylic acids is 1. The van der Waals surface area contributed by atoms with Crippen molar-refractivity contribution in [1.82, 2.24) is 14.5 Å². The molecule has 5 rings (SSSR count). The molecule has 1 aromatic heterocycles. The number of nitrogens with zero attached hydrogens (tertiary/aromatic N) is 2. The van der Waals surface area contributed by atoms with Gasteiger partial charge in [0.1, 0.15) is 5.82 Å². The summed E-state index contributed by atoms with van der Waals surface area (Å²) in [5.74, 6) is -1.76. The van der Waals surface area contributed by atoms with Gasteiger partial charge in [-0.15, -0.1) is 0 Å². The summed E-state index contributed by atoms with van der Waals surface area (Å²) < 4.78 is 138. The number of carbonyl (C=O) groups is 1. The zero-order valence-electron chi connectivity index (χ0n) is 25.8. The molecule has 49 heavy (non-hydrogen) atoms. The Hall–Kier alpha value is -4.38. The Kier molecular flexibility index (Phi) is 9.89. The van der Waals surface area contributed by atoms with E-state index >= 15 is 0 Å². The second-order valence-corrected chi connectivity index (χ2v) is 14.8. The molecule has 2 N–H and O–H groups in total. The van der Waals surface area contributed by atoms with Crippen molar-refractivity contribution < 1.29 is 48.0 Å². The molecule has 1 saturated carbocycles. The SMILES string of the molecule is CCCCc1nn(-c2ccccc2C(F)(F)F)c(NS(=O)(=O)C(F)(F)F)c1Cc1ccc(-c2ccccc2S(=O)(=O)NC(=O)C2CC2)cc1. The molecule has 0 saturated heterocycles. The number of alkyl halides is 6. The average molecular weight is 729 g/mol. The number of hydrogen-bond acceptors (Lipinski definition) is 6. The second-order valence-electron chi connectivity index (χ2n) is 11.5. The van der Waals surface area contributed by atoms with Crippen LogP contribution in [0.25, 0.3) is 16.8 Å². The lowest BCUT2D eigenvalue weighted by molar-refractivity contribution is -0.137. The fraction of sp³-hybridized carbons (Fsp3) is 0.312. The third-order valence-electron chi connectivity index (χ3n) is 7.81. The minimum Gasteiger partial charge on any atom is -0.274 e. The summed E-state index contributed by atoms with van der Waals surface area (Å²) in [4.78, 5) is 12.1. The molecule has 0 atom stereocenters. The van der Waals surface area contributed by atoms with Gasteiger partial charge in [-0.05, 0) is 55.0 Å². The van der Waals surface area contributed by atoms with Gasteiger partial charge in [0.05, 0.1) is 21.8 Å². The smallest absolute Gasteiger partial charge is 0.274 e. The number of hydrogen-bond donors (Lipinski definition) is 2. The maximum absolute atomic E-state index is 14.0. The number of sulfonamides is 2. The number of anilines is 1. The van der Waals surface area contributed by atoms with E-state index in [4.69, 9.17) is 0 Å². The molecule has 262 valence electrons. The molecule has 1 aliphatic carbocycles. The molecular weight excluding hydrogens is 698 g/mol. The summed E-state index contributed by atoms with van der Waals surface area (Å²) >= 11 is 0. The fourth-order valence-electron chi connectivity index (χ4n) is 5.15. The van der Waals surface area contributed by atoms with Crippen LogP contribution < -0.4 is 9.44 Å². The Morgan fingerprint density at radius 2 is 1.53 bits per heavy atom. The quantitative estimate of drug-likeness (QED) is 0.152. The van der Waals surface area contributed by atoms with Gasteiger partial charge in [-0.25, -0.2) is 17.8 Å². The van der Waals surface area contributed by atoms with Crippen LogP contribution in [-0.2, 0) is 43.9 Å². The molecular formula is C32H30F6N4O5S2. The van der Waals surface area contributed by atoms with Gasteiger partial charge in [-0.3, -0.25) is 9.52 Å². The topological polar surface area (TPSA) is 127 Å². The minimum absolute atomic E-state index is 0.0724. The Morgan fingerprint density at radius 3 is 2.14 bits per heavy atom. The van der Waals surface area contributed by atoms with Crippen molar-refractivity contribution in [3.05, 3.63) is 95.2 Å². The third kappa shape index (κ3) is 7.93. The number of halogens is 6. The van der Waals surface area contributed by atoms with E-state index in [1.54, 1.807) is 6.07 Å². The molecule has 1 amide bonds. The van der Waals surface area contributed by atoms with Gasteiger partial charge >= 0.3 is 21.7 Å². The van der Waals surface area contributed by atoms with Crippen molar-refractivity contribution in [2.75, 3.05) is 4.72 Å². The number of aromatic nitrogens is 2. The van der Waals surface area contributed by atoms with Crippen molar-refractivity contribution in [3.63, 3.8) is 0 Å². The van der Waals surface area contributed by atoms with Crippen molar-refractivity contribution in [2.24, 2.45) is 5.92 Å². The van der Waals surface area contributed by atoms with E-state index < -0.39 is 54.7 Å². The Morgan fingerprint density at radius 1 is 0.898 bits per heavy atom. The van der Waals surface area contributed by atoms with Crippen LogP contribution >= 0.6 is 0 Å². The lowest BCUT2D eigenvalue weighted by Gasteiger charge is -2.17. The predicted octanol–water partition coefficient (Wildman–Crippen LogP) is 6.97. The molecule has 17 heteroatoms. The molecule has 4 aromatic rings. The first-order chi connectivity index (χ1) is 22.9. The second kappa shape index (κ2) is 13.5. The Bertz CT molecular complexity index is 2070. The summed E-state index contributed by atoms with van der Waals surface area (Å²) in [7, 11) is -10.3. The van der Waals surface area contributed by atoms with E-state index in [-0.39, 0.29) is 40.5 Å². The summed E-state index contributed by atoms with van der Waals surface area (Å²) in [5, 5.41) is 4.22. The first kappa shape index (κ1) is 35.9. The number of para-hydroxylation sites is 1. The van der Waals surface area contributed by atoms with Crippen molar-refractivity contribution in [2.45, 2.75) is 62.0 Å². The number of aryl methyl sites for hydroxylation is 1. The van der Waals surface area contributed by atoms with Crippen molar-refractivity contribution in [3.8, 4) is 16.8 Å². The molecule has 3 aromatic carbocycles. The van der Waals surface area contributed by atoms with Crippen LogP contribution in [0, 0.1) is 5.92 Å². The van der Waals surface area contributed by atoms with Crippen molar-refractivity contribution >= 4 is 31.8 Å². The van der Waals surface area contributed by atoms with Crippen LogP contribution in [-0.4, -0.2) is 38.0 Å². The average Bonchev–Trinajstić information content (AvgIpc) is 3.84. The first-order valence-electron chi connectivity index (χ1n) is 15.0. The zero-order valence-corrected chi connectivity index (χ0v) is 27.4. The van der Waals surface area contributed by atoms with Crippen LogP contribution in [0.4, 0.5) is 32.2 Å². The summed E-state index contributed by atoms with van der Waals surface area (Å²) in [6.45, 7) is 1.82. The van der Waals surface area contributed by atoms with Gasteiger partial charge in [0.25, 0.3) is 10.0 Å². The van der Waals surface area contributed by atoms with E-state index in [1.807, 2.05) is 6.92 Å². The van der Waals surface area contributed by atoms with E-state index in [0.717, 1.165) is 12.1 Å². The highest BCUT2D eigenvalue weighted by atomic mass is 32.2. The maximum Gasteiger partial charge on any atom is 0.516 e. The van der Waals surface area contributed by atoms with Crippen LogP contribution in [0.2, 0.25) is 0 Å². The molecule has 1 heterocycles. The first-order valence-corrected chi connectivity index (χ1v) is 18.0. The van der Waals surface area contributed by atoms with Crippen LogP contribution in [0.1, 0.15) is 55.0 Å². The Labute approximate surface area is 278 Å². The van der Waals surface area contributed by atoms with E-state index in [1.165, 1.54) is 53.3 Å². The zero-order chi connectivity index (χ0) is 35.8. The fourth-order valence-corrected chi connectivity index (χ4v) is 7.01. The molecule has 9 nitrogen and oxygen atoms in total. The predicted molar refractivity (Wildman–Crippen MR) is 169 cm³/mol. The highest BCUT2D eigenvalue weighted by Gasteiger charge is 2.47. The van der Waals surface area contributed by atoms with Gasteiger partial charge in [0.15, 0.2) is 0 Å². The maximum atomic E-state index is 14.0. The molecule has 0 unspecified atom stereocenters. The number of unbranched alkanes of at least 4 members (excludes halogenated alkanes) is 1. The molecule has 0 spiro atoms. The van der Waals surface area contributed by atoms with Gasteiger partial charge < -0.3 is 0 Å². The largest absolute Gasteiger partial charge is 0.516 e. The summed E-state index contributed by atoms with van der Waals surface area (Å²) in [6.07, 6.45) is -2.86. The van der Waals surface area contributed by atoms with E-state index in [9.17, 15) is 48.0 Å².